The standard InChI is InChI=1S/C21H31N3O4/c1-21(2,3)20(27)24-12-10-15(11-13-24)19(26)22-16-6-8-17(9-7-16)28-14-18(25)23(4)5/h6-9,15H,10-14H2,1-5H3,(H,22,26). The van der Waals surface area contributed by atoms with Crippen molar-refractivity contribution in [2.45, 2.75) is 33.6 Å². The van der Waals surface area contributed by atoms with Gasteiger partial charge in [0.1, 0.15) is 5.75 Å². The number of likely N-dealkylation sites (tertiary alicyclic amines) is 1. The van der Waals surface area contributed by atoms with E-state index in [1.807, 2.05) is 25.7 Å². The van der Waals surface area contributed by atoms with Crippen molar-refractivity contribution in [2.24, 2.45) is 11.3 Å². The van der Waals surface area contributed by atoms with E-state index in [2.05, 4.69) is 5.32 Å². The molecule has 0 saturated carbocycles. The molecule has 1 aliphatic heterocycles. The molecule has 7 heteroatoms. The first-order chi connectivity index (χ1) is 13.1. The van der Waals surface area contributed by atoms with Crippen LogP contribution in [0.4, 0.5) is 5.69 Å². The maximum Gasteiger partial charge on any atom is 0.259 e. The van der Waals surface area contributed by atoms with Crippen molar-refractivity contribution in [2.75, 3.05) is 39.1 Å². The Morgan fingerprint density at radius 3 is 2.18 bits per heavy atom. The number of ether oxygens (including phenoxy) is 1. The van der Waals surface area contributed by atoms with Gasteiger partial charge in [0.15, 0.2) is 6.61 Å². The van der Waals surface area contributed by atoms with Gasteiger partial charge in [0.05, 0.1) is 0 Å². The van der Waals surface area contributed by atoms with Crippen LogP contribution >= 0.6 is 0 Å². The molecule has 0 bridgehead atoms. The molecule has 0 spiro atoms. The Bertz CT molecular complexity index is 699. The number of amides is 3. The maximum absolute atomic E-state index is 12.5. The van der Waals surface area contributed by atoms with Crippen LogP contribution in [0.2, 0.25) is 0 Å². The maximum atomic E-state index is 12.5. The molecule has 0 radical (unpaired) electrons. The van der Waals surface area contributed by atoms with Gasteiger partial charge >= 0.3 is 0 Å². The molecule has 28 heavy (non-hydrogen) atoms. The quantitative estimate of drug-likeness (QED) is 0.839. The van der Waals surface area contributed by atoms with Crippen LogP contribution < -0.4 is 10.1 Å². The molecule has 1 aromatic carbocycles. The second kappa shape index (κ2) is 9.08. The molecule has 1 fully saturated rings. The molecule has 154 valence electrons. The monoisotopic (exact) mass is 389 g/mol. The summed E-state index contributed by atoms with van der Waals surface area (Å²) in [6, 6.07) is 6.96. The Morgan fingerprint density at radius 2 is 1.68 bits per heavy atom. The summed E-state index contributed by atoms with van der Waals surface area (Å²) in [5.41, 5.74) is 0.292. The number of piperidine rings is 1. The minimum Gasteiger partial charge on any atom is -0.484 e. The fourth-order valence-electron chi connectivity index (χ4n) is 2.97. The van der Waals surface area contributed by atoms with Crippen LogP contribution in [-0.2, 0) is 14.4 Å². The lowest BCUT2D eigenvalue weighted by atomic mass is 9.90. The summed E-state index contributed by atoms with van der Waals surface area (Å²) in [6.45, 7) is 6.94. The van der Waals surface area contributed by atoms with Crippen molar-refractivity contribution in [3.8, 4) is 5.75 Å². The number of benzene rings is 1. The number of anilines is 1. The molecule has 1 aliphatic rings. The highest BCUT2D eigenvalue weighted by Gasteiger charge is 2.32. The normalized spacial score (nSPS) is 15.1. The number of nitrogens with one attached hydrogen (secondary N) is 1. The highest BCUT2D eigenvalue weighted by Crippen LogP contribution is 2.25. The predicted molar refractivity (Wildman–Crippen MR) is 108 cm³/mol. The average Bonchev–Trinajstić information content (AvgIpc) is 2.65. The lowest BCUT2D eigenvalue weighted by molar-refractivity contribution is -0.142. The van der Waals surface area contributed by atoms with Gasteiger partial charge in [-0.05, 0) is 37.1 Å². The summed E-state index contributed by atoms with van der Waals surface area (Å²) < 4.78 is 5.43. The lowest BCUT2D eigenvalue weighted by Gasteiger charge is -2.35. The van der Waals surface area contributed by atoms with Crippen LogP contribution in [0.25, 0.3) is 0 Å². The summed E-state index contributed by atoms with van der Waals surface area (Å²) in [4.78, 5) is 39.7. The van der Waals surface area contributed by atoms with Crippen molar-refractivity contribution < 1.29 is 19.1 Å². The number of carbonyl (C=O) groups excluding carboxylic acids is 3. The Labute approximate surface area is 167 Å². The smallest absolute Gasteiger partial charge is 0.259 e. The van der Waals surface area contributed by atoms with Crippen molar-refractivity contribution in [3.05, 3.63) is 24.3 Å². The predicted octanol–water partition coefficient (Wildman–Crippen LogP) is 2.38. The van der Waals surface area contributed by atoms with E-state index < -0.39 is 5.41 Å². The number of rotatable bonds is 5. The molecule has 0 aromatic heterocycles. The summed E-state index contributed by atoms with van der Waals surface area (Å²) in [5.74, 6) is 0.461. The molecular weight excluding hydrogens is 358 g/mol. The summed E-state index contributed by atoms with van der Waals surface area (Å²) in [7, 11) is 3.35. The SMILES string of the molecule is CN(C)C(=O)COc1ccc(NC(=O)C2CCN(C(=O)C(C)(C)C)CC2)cc1. The Hall–Kier alpha value is -2.57. The van der Waals surface area contributed by atoms with Gasteiger partial charge in [-0.1, -0.05) is 20.8 Å². The van der Waals surface area contributed by atoms with E-state index in [1.165, 1.54) is 4.90 Å². The fourth-order valence-corrected chi connectivity index (χ4v) is 2.97. The third-order valence-electron chi connectivity index (χ3n) is 4.78. The van der Waals surface area contributed by atoms with Crippen LogP contribution in [0.3, 0.4) is 0 Å². The molecule has 0 unspecified atom stereocenters. The van der Waals surface area contributed by atoms with Gasteiger partial charge in [-0.25, -0.2) is 0 Å². The summed E-state index contributed by atoms with van der Waals surface area (Å²) in [5, 5.41) is 2.92. The second-order valence-electron chi connectivity index (χ2n) is 8.41. The highest BCUT2D eigenvalue weighted by molar-refractivity contribution is 5.93. The van der Waals surface area contributed by atoms with Crippen molar-refractivity contribution in [3.63, 3.8) is 0 Å². The first kappa shape index (κ1) is 21.7. The van der Waals surface area contributed by atoms with Crippen molar-refractivity contribution in [1.82, 2.24) is 9.80 Å². The Kier molecular flexibility index (Phi) is 7.05. The van der Waals surface area contributed by atoms with E-state index in [-0.39, 0.29) is 30.2 Å². The lowest BCUT2D eigenvalue weighted by Crippen LogP contribution is -2.45. The zero-order chi connectivity index (χ0) is 20.9. The first-order valence-electron chi connectivity index (χ1n) is 9.61. The van der Waals surface area contributed by atoms with E-state index in [0.717, 1.165) is 0 Å². The molecule has 7 nitrogen and oxygen atoms in total. The minimum atomic E-state index is -0.393. The van der Waals surface area contributed by atoms with E-state index in [0.29, 0.717) is 37.4 Å². The number of likely N-dealkylation sites (N-methyl/N-ethyl adjacent to an activating group) is 1. The summed E-state index contributed by atoms with van der Waals surface area (Å²) in [6.07, 6.45) is 1.34. The number of nitrogens with zero attached hydrogens (tertiary/aromatic N) is 2. The molecule has 1 aromatic rings. The van der Waals surface area contributed by atoms with Gasteiger partial charge in [0, 0.05) is 44.2 Å². The third kappa shape index (κ3) is 5.97. The van der Waals surface area contributed by atoms with E-state index >= 15 is 0 Å². The third-order valence-corrected chi connectivity index (χ3v) is 4.78. The molecular formula is C21H31N3O4. The van der Waals surface area contributed by atoms with Gasteiger partial charge < -0.3 is 19.9 Å². The fraction of sp³-hybridized carbons (Fsp3) is 0.571. The Morgan fingerprint density at radius 1 is 1.11 bits per heavy atom. The van der Waals surface area contributed by atoms with Crippen LogP contribution in [0.15, 0.2) is 24.3 Å². The van der Waals surface area contributed by atoms with Crippen molar-refractivity contribution >= 4 is 23.4 Å². The van der Waals surface area contributed by atoms with E-state index in [9.17, 15) is 14.4 Å². The van der Waals surface area contributed by atoms with Gasteiger partial charge in [-0.15, -0.1) is 0 Å². The average molecular weight is 389 g/mol. The van der Waals surface area contributed by atoms with Gasteiger partial charge in [-0.3, -0.25) is 14.4 Å². The van der Waals surface area contributed by atoms with Gasteiger partial charge in [0.2, 0.25) is 11.8 Å². The van der Waals surface area contributed by atoms with Gasteiger partial charge in [-0.2, -0.15) is 0 Å². The largest absolute Gasteiger partial charge is 0.484 e. The van der Waals surface area contributed by atoms with Crippen LogP contribution in [-0.4, -0.2) is 61.3 Å². The molecule has 1 heterocycles. The topological polar surface area (TPSA) is 79.0 Å². The number of hydrogen-bond donors (Lipinski definition) is 1. The molecule has 2 rings (SSSR count). The molecule has 1 N–H and O–H groups in total. The zero-order valence-electron chi connectivity index (χ0n) is 17.4. The van der Waals surface area contributed by atoms with Crippen LogP contribution in [0.1, 0.15) is 33.6 Å². The highest BCUT2D eigenvalue weighted by atomic mass is 16.5. The second-order valence-corrected chi connectivity index (χ2v) is 8.41. The molecule has 1 saturated heterocycles. The van der Waals surface area contributed by atoms with Crippen LogP contribution in [0, 0.1) is 11.3 Å². The van der Waals surface area contributed by atoms with E-state index in [4.69, 9.17) is 4.74 Å². The zero-order valence-corrected chi connectivity index (χ0v) is 17.4. The molecule has 0 aliphatic carbocycles. The van der Waals surface area contributed by atoms with Crippen molar-refractivity contribution in [1.29, 1.82) is 0 Å². The Balaban J connectivity index is 1.82. The van der Waals surface area contributed by atoms with E-state index in [1.54, 1.807) is 38.4 Å². The minimum absolute atomic E-state index is 0.0232. The first-order valence-corrected chi connectivity index (χ1v) is 9.61. The van der Waals surface area contributed by atoms with Crippen LogP contribution in [0.5, 0.6) is 5.75 Å². The van der Waals surface area contributed by atoms with Gasteiger partial charge in [0.25, 0.3) is 5.91 Å². The number of hydrogen-bond acceptors (Lipinski definition) is 4. The summed E-state index contributed by atoms with van der Waals surface area (Å²) >= 11 is 0. The molecule has 0 atom stereocenters. The number of carbonyl (C=O) groups is 3. The molecule has 3 amide bonds.